The number of nitrogens with one attached hydrogen (secondary N) is 1. The Morgan fingerprint density at radius 2 is 2.14 bits per heavy atom. The van der Waals surface area contributed by atoms with Gasteiger partial charge in [0.25, 0.3) is 0 Å². The van der Waals surface area contributed by atoms with E-state index in [0.717, 1.165) is 0 Å². The van der Waals surface area contributed by atoms with Crippen molar-refractivity contribution in [2.45, 2.75) is 13.0 Å². The highest BCUT2D eigenvalue weighted by Crippen LogP contribution is 2.23. The van der Waals surface area contributed by atoms with Crippen LogP contribution in [0.25, 0.3) is 0 Å². The summed E-state index contributed by atoms with van der Waals surface area (Å²) in [7, 11) is 1.76. The number of anilines is 2. The van der Waals surface area contributed by atoms with Gasteiger partial charge in [0.15, 0.2) is 0 Å². The van der Waals surface area contributed by atoms with Gasteiger partial charge in [-0.25, -0.2) is 0 Å². The number of nitrogen functional groups attached to an aromatic ring is 1. The molecule has 0 aliphatic carbocycles. The predicted octanol–water partition coefficient (Wildman–Crippen LogP) is 1.02. The number of amides is 2. The van der Waals surface area contributed by atoms with Crippen molar-refractivity contribution in [3.63, 3.8) is 0 Å². The molecule has 1 heterocycles. The van der Waals surface area contributed by atoms with Crippen LogP contribution in [0, 0.1) is 0 Å². The van der Waals surface area contributed by atoms with E-state index in [1.807, 2.05) is 4.90 Å². The number of hydrogen-bond donors (Lipinski definition) is 2. The molecule has 7 heteroatoms. The maximum absolute atomic E-state index is 12.3. The van der Waals surface area contributed by atoms with Crippen LogP contribution in [0.4, 0.5) is 11.4 Å². The third-order valence-corrected chi connectivity index (χ3v) is 3.92. The number of benzene rings is 1. The smallest absolute Gasteiger partial charge is 0.241 e. The Kier molecular flexibility index (Phi) is 4.69. The Morgan fingerprint density at radius 1 is 1.43 bits per heavy atom. The molecule has 0 bridgehead atoms. The first-order chi connectivity index (χ1) is 9.88. The molecule has 0 saturated carbocycles. The fourth-order valence-electron chi connectivity index (χ4n) is 2.15. The van der Waals surface area contributed by atoms with E-state index in [-0.39, 0.29) is 18.4 Å². The van der Waals surface area contributed by atoms with Gasteiger partial charge in [0.2, 0.25) is 11.8 Å². The van der Waals surface area contributed by atoms with Gasteiger partial charge in [-0.3, -0.25) is 14.5 Å². The molecule has 1 aliphatic rings. The zero-order chi connectivity index (χ0) is 15.6. The van der Waals surface area contributed by atoms with Crippen LogP contribution in [-0.4, -0.2) is 54.3 Å². The van der Waals surface area contributed by atoms with E-state index >= 15 is 0 Å². The zero-order valence-corrected chi connectivity index (χ0v) is 12.9. The molecule has 1 aromatic rings. The topological polar surface area (TPSA) is 78.7 Å². The van der Waals surface area contributed by atoms with E-state index in [9.17, 15) is 9.59 Å². The minimum atomic E-state index is -0.416. The van der Waals surface area contributed by atoms with E-state index in [0.29, 0.717) is 29.5 Å². The summed E-state index contributed by atoms with van der Waals surface area (Å²) in [5, 5.41) is 3.26. The minimum Gasteiger partial charge on any atom is -0.397 e. The van der Waals surface area contributed by atoms with Crippen LogP contribution in [0.2, 0.25) is 5.02 Å². The second kappa shape index (κ2) is 6.32. The predicted molar refractivity (Wildman–Crippen MR) is 83.2 cm³/mol. The quantitative estimate of drug-likeness (QED) is 0.817. The number of hydrogen-bond acceptors (Lipinski definition) is 4. The molecule has 1 unspecified atom stereocenters. The molecule has 6 nitrogen and oxygen atoms in total. The normalized spacial score (nSPS) is 17.7. The second-order valence-electron chi connectivity index (χ2n) is 5.18. The average Bonchev–Trinajstić information content (AvgIpc) is 2.45. The van der Waals surface area contributed by atoms with Gasteiger partial charge in [0.1, 0.15) is 0 Å². The van der Waals surface area contributed by atoms with Gasteiger partial charge in [-0.2, -0.15) is 0 Å². The Bertz CT molecular complexity index is 564. The van der Waals surface area contributed by atoms with Crippen LogP contribution in [0.1, 0.15) is 6.92 Å². The summed E-state index contributed by atoms with van der Waals surface area (Å²) in [4.78, 5) is 27.5. The van der Waals surface area contributed by atoms with Crippen LogP contribution >= 0.6 is 11.6 Å². The lowest BCUT2D eigenvalue weighted by Crippen LogP contribution is -2.54. The number of rotatable bonds is 3. The fraction of sp³-hybridized carbons (Fsp3) is 0.429. The lowest BCUT2D eigenvalue weighted by molar-refractivity contribution is -0.136. The molecule has 21 heavy (non-hydrogen) atoms. The molecule has 3 N–H and O–H groups in total. The van der Waals surface area contributed by atoms with Crippen molar-refractivity contribution in [1.82, 2.24) is 9.80 Å². The van der Waals surface area contributed by atoms with E-state index in [2.05, 4.69) is 5.32 Å². The monoisotopic (exact) mass is 310 g/mol. The largest absolute Gasteiger partial charge is 0.397 e. The molecule has 1 aromatic carbocycles. The molecule has 0 spiro atoms. The first-order valence-electron chi connectivity index (χ1n) is 6.72. The Hall–Kier alpha value is -1.79. The van der Waals surface area contributed by atoms with Crippen LogP contribution in [-0.2, 0) is 9.59 Å². The van der Waals surface area contributed by atoms with Crippen molar-refractivity contribution >= 4 is 34.8 Å². The average molecular weight is 311 g/mol. The number of carbonyl (C=O) groups excluding carboxylic acids is 2. The molecule has 1 saturated heterocycles. The maximum Gasteiger partial charge on any atom is 0.241 e. The summed E-state index contributed by atoms with van der Waals surface area (Å²) in [5.41, 5.74) is 6.75. The number of carbonyl (C=O) groups is 2. The third-order valence-electron chi connectivity index (χ3n) is 3.69. The van der Waals surface area contributed by atoms with Crippen molar-refractivity contribution in [2.24, 2.45) is 0 Å². The van der Waals surface area contributed by atoms with E-state index in [1.165, 1.54) is 0 Å². The molecule has 1 fully saturated rings. The summed E-state index contributed by atoms with van der Waals surface area (Å²) in [6, 6.07) is 4.49. The highest BCUT2D eigenvalue weighted by Gasteiger charge is 2.28. The van der Waals surface area contributed by atoms with Gasteiger partial charge in [-0.05, 0) is 25.1 Å². The van der Waals surface area contributed by atoms with E-state index in [1.54, 1.807) is 37.1 Å². The number of piperazine rings is 1. The van der Waals surface area contributed by atoms with Crippen molar-refractivity contribution in [2.75, 3.05) is 37.7 Å². The van der Waals surface area contributed by atoms with Gasteiger partial charge in [-0.1, -0.05) is 11.6 Å². The standard InChI is InChI=1S/C14H19ClN4O2/c1-9(19-6-5-18(2)13(20)8-19)14(21)17-12-7-10(15)3-4-11(12)16/h3-4,7,9H,5-6,8,16H2,1-2H3,(H,17,21). The van der Waals surface area contributed by atoms with Crippen molar-refractivity contribution in [3.05, 3.63) is 23.2 Å². The number of halogens is 1. The van der Waals surface area contributed by atoms with Gasteiger partial charge in [0, 0.05) is 25.2 Å². The van der Waals surface area contributed by atoms with Gasteiger partial charge in [0.05, 0.1) is 24.0 Å². The molecule has 0 radical (unpaired) electrons. The van der Waals surface area contributed by atoms with Gasteiger partial charge >= 0.3 is 0 Å². The SMILES string of the molecule is CC(C(=O)Nc1cc(Cl)ccc1N)N1CCN(C)C(=O)C1. The van der Waals surface area contributed by atoms with Crippen LogP contribution < -0.4 is 11.1 Å². The number of nitrogens with two attached hydrogens (primary N) is 1. The van der Waals surface area contributed by atoms with E-state index in [4.69, 9.17) is 17.3 Å². The lowest BCUT2D eigenvalue weighted by atomic mass is 10.2. The van der Waals surface area contributed by atoms with Crippen LogP contribution in [0.15, 0.2) is 18.2 Å². The Morgan fingerprint density at radius 3 is 2.81 bits per heavy atom. The molecule has 1 aliphatic heterocycles. The summed E-state index contributed by atoms with van der Waals surface area (Å²) in [5.74, 6) is -0.190. The van der Waals surface area contributed by atoms with Crippen molar-refractivity contribution in [3.8, 4) is 0 Å². The highest BCUT2D eigenvalue weighted by atomic mass is 35.5. The first-order valence-corrected chi connectivity index (χ1v) is 7.10. The van der Waals surface area contributed by atoms with E-state index < -0.39 is 6.04 Å². The van der Waals surface area contributed by atoms with Crippen LogP contribution in [0.5, 0.6) is 0 Å². The molecule has 0 aromatic heterocycles. The van der Waals surface area contributed by atoms with Gasteiger partial charge in [-0.15, -0.1) is 0 Å². The van der Waals surface area contributed by atoms with Crippen molar-refractivity contribution in [1.29, 1.82) is 0 Å². The third kappa shape index (κ3) is 3.65. The fourth-order valence-corrected chi connectivity index (χ4v) is 2.32. The zero-order valence-electron chi connectivity index (χ0n) is 12.1. The molecule has 1 atom stereocenters. The lowest BCUT2D eigenvalue weighted by Gasteiger charge is -2.35. The summed E-state index contributed by atoms with van der Waals surface area (Å²) in [6.07, 6.45) is 0. The Balaban J connectivity index is 2.03. The minimum absolute atomic E-state index is 0.0168. The molecular formula is C14H19ClN4O2. The molecule has 114 valence electrons. The maximum atomic E-state index is 12.3. The number of likely N-dealkylation sites (N-methyl/N-ethyl adjacent to an activating group) is 1. The second-order valence-corrected chi connectivity index (χ2v) is 5.62. The summed E-state index contributed by atoms with van der Waals surface area (Å²) >= 11 is 5.90. The molecule has 2 amide bonds. The van der Waals surface area contributed by atoms with Crippen molar-refractivity contribution < 1.29 is 9.59 Å². The molecular weight excluding hydrogens is 292 g/mol. The van der Waals surface area contributed by atoms with Crippen LogP contribution in [0.3, 0.4) is 0 Å². The summed E-state index contributed by atoms with van der Waals surface area (Å²) < 4.78 is 0. The first kappa shape index (κ1) is 15.6. The van der Waals surface area contributed by atoms with Gasteiger partial charge < -0.3 is 16.0 Å². The molecule has 2 rings (SSSR count). The Labute approximate surface area is 128 Å². The number of nitrogens with zero attached hydrogens (tertiary/aromatic N) is 2. The highest BCUT2D eigenvalue weighted by molar-refractivity contribution is 6.31. The summed E-state index contributed by atoms with van der Waals surface area (Å²) in [6.45, 7) is 3.31.